The van der Waals surface area contributed by atoms with Crippen LogP contribution in [0.3, 0.4) is 0 Å². The lowest BCUT2D eigenvalue weighted by Crippen LogP contribution is -2.43. The first-order chi connectivity index (χ1) is 13.9. The Morgan fingerprint density at radius 1 is 1.10 bits per heavy atom. The van der Waals surface area contributed by atoms with Gasteiger partial charge in [0.1, 0.15) is 0 Å². The van der Waals surface area contributed by atoms with Gasteiger partial charge in [0, 0.05) is 38.3 Å². The first kappa shape index (κ1) is 20.9. The predicted molar refractivity (Wildman–Crippen MR) is 116 cm³/mol. The van der Waals surface area contributed by atoms with Crippen molar-refractivity contribution >= 4 is 17.6 Å². The number of hydrogen-bond donors (Lipinski definition) is 2. The van der Waals surface area contributed by atoms with E-state index in [2.05, 4.69) is 33.7 Å². The average molecular weight is 395 g/mol. The van der Waals surface area contributed by atoms with Crippen molar-refractivity contribution in [3.8, 4) is 0 Å². The quantitative estimate of drug-likeness (QED) is 0.791. The molecule has 1 aliphatic rings. The summed E-state index contributed by atoms with van der Waals surface area (Å²) in [5, 5.41) is 5.84. The molecule has 154 valence electrons. The molecule has 0 radical (unpaired) electrons. The maximum Gasteiger partial charge on any atom is 0.317 e. The Bertz CT molecular complexity index is 879. The molecule has 1 aliphatic heterocycles. The van der Waals surface area contributed by atoms with E-state index in [0.29, 0.717) is 19.6 Å². The van der Waals surface area contributed by atoms with Crippen LogP contribution >= 0.6 is 0 Å². The SMILES string of the molecule is Cc1ccc(CN(C)C)cc1NC(=O)CCNC(=O)N1CCc2ccccc2C1. The molecule has 0 aromatic heterocycles. The molecule has 0 spiro atoms. The first-order valence-electron chi connectivity index (χ1n) is 10.1. The fraction of sp³-hybridized carbons (Fsp3) is 0.391. The standard InChI is InChI=1S/C23H30N4O2/c1-17-8-9-18(15-26(2)3)14-21(17)25-22(28)10-12-24-23(29)27-13-11-19-6-4-5-7-20(19)16-27/h4-9,14H,10-13,15-16H2,1-3H3,(H,24,29)(H,25,28). The number of amides is 3. The van der Waals surface area contributed by atoms with Gasteiger partial charge in [-0.05, 0) is 55.8 Å². The molecule has 0 unspecified atom stereocenters. The number of anilines is 1. The molecule has 0 aliphatic carbocycles. The molecular formula is C23H30N4O2. The molecule has 0 saturated carbocycles. The van der Waals surface area contributed by atoms with Gasteiger partial charge >= 0.3 is 6.03 Å². The Labute approximate surface area is 172 Å². The average Bonchev–Trinajstić information content (AvgIpc) is 2.69. The third kappa shape index (κ3) is 5.81. The van der Waals surface area contributed by atoms with Gasteiger partial charge < -0.3 is 20.4 Å². The van der Waals surface area contributed by atoms with Gasteiger partial charge in [-0.1, -0.05) is 36.4 Å². The van der Waals surface area contributed by atoms with Crippen molar-refractivity contribution < 1.29 is 9.59 Å². The number of aryl methyl sites for hydroxylation is 1. The highest BCUT2D eigenvalue weighted by Crippen LogP contribution is 2.19. The zero-order valence-corrected chi connectivity index (χ0v) is 17.5. The molecule has 2 aromatic rings. The van der Waals surface area contributed by atoms with Gasteiger partial charge in [-0.15, -0.1) is 0 Å². The van der Waals surface area contributed by atoms with Crippen LogP contribution in [0, 0.1) is 6.92 Å². The third-order valence-electron chi connectivity index (χ3n) is 5.12. The van der Waals surface area contributed by atoms with Crippen molar-refractivity contribution in [3.05, 3.63) is 64.7 Å². The van der Waals surface area contributed by atoms with E-state index in [-0.39, 0.29) is 18.4 Å². The molecule has 29 heavy (non-hydrogen) atoms. The summed E-state index contributed by atoms with van der Waals surface area (Å²) in [6, 6.07) is 14.2. The predicted octanol–water partition coefficient (Wildman–Crippen LogP) is 3.15. The van der Waals surface area contributed by atoms with Gasteiger partial charge in [0.25, 0.3) is 0 Å². The second kappa shape index (κ2) is 9.56. The molecule has 3 amide bonds. The number of benzene rings is 2. The van der Waals surface area contributed by atoms with Crippen molar-refractivity contribution in [2.45, 2.75) is 32.9 Å². The molecule has 2 N–H and O–H groups in total. The van der Waals surface area contributed by atoms with E-state index in [1.54, 1.807) is 4.90 Å². The maximum absolute atomic E-state index is 12.4. The van der Waals surface area contributed by atoms with Crippen LogP contribution in [0.4, 0.5) is 10.5 Å². The third-order valence-corrected chi connectivity index (χ3v) is 5.12. The molecule has 3 rings (SSSR count). The van der Waals surface area contributed by atoms with E-state index < -0.39 is 0 Å². The van der Waals surface area contributed by atoms with Crippen molar-refractivity contribution in [1.29, 1.82) is 0 Å². The summed E-state index contributed by atoms with van der Waals surface area (Å²) in [4.78, 5) is 28.6. The Morgan fingerprint density at radius 2 is 1.86 bits per heavy atom. The van der Waals surface area contributed by atoms with Crippen LogP contribution in [0.5, 0.6) is 0 Å². The van der Waals surface area contributed by atoms with Crippen LogP contribution < -0.4 is 10.6 Å². The highest BCUT2D eigenvalue weighted by molar-refractivity contribution is 5.92. The fourth-order valence-electron chi connectivity index (χ4n) is 3.54. The number of carbonyl (C=O) groups is 2. The lowest BCUT2D eigenvalue weighted by Gasteiger charge is -2.28. The summed E-state index contributed by atoms with van der Waals surface area (Å²) in [6.45, 7) is 4.43. The molecule has 0 saturated heterocycles. The zero-order valence-electron chi connectivity index (χ0n) is 17.5. The number of nitrogens with zero attached hydrogens (tertiary/aromatic N) is 2. The van der Waals surface area contributed by atoms with Gasteiger partial charge in [0.2, 0.25) is 5.91 Å². The number of urea groups is 1. The van der Waals surface area contributed by atoms with Crippen LogP contribution in [0.25, 0.3) is 0 Å². The van der Waals surface area contributed by atoms with Gasteiger partial charge in [0.15, 0.2) is 0 Å². The van der Waals surface area contributed by atoms with Gasteiger partial charge in [0.05, 0.1) is 0 Å². The summed E-state index contributed by atoms with van der Waals surface area (Å²) in [5.74, 6) is -0.0978. The smallest absolute Gasteiger partial charge is 0.317 e. The summed E-state index contributed by atoms with van der Waals surface area (Å²) in [5.41, 5.74) is 5.50. The van der Waals surface area contributed by atoms with Crippen LogP contribution in [-0.4, -0.2) is 48.9 Å². The Balaban J connectivity index is 1.46. The number of hydrogen-bond acceptors (Lipinski definition) is 3. The van der Waals surface area contributed by atoms with E-state index in [4.69, 9.17) is 0 Å². The Morgan fingerprint density at radius 3 is 2.62 bits per heavy atom. The monoisotopic (exact) mass is 394 g/mol. The minimum Gasteiger partial charge on any atom is -0.337 e. The molecule has 1 heterocycles. The Hall–Kier alpha value is -2.86. The topological polar surface area (TPSA) is 64.7 Å². The van der Waals surface area contributed by atoms with Gasteiger partial charge in [-0.3, -0.25) is 4.79 Å². The number of carbonyl (C=O) groups excluding carboxylic acids is 2. The van der Waals surface area contributed by atoms with E-state index >= 15 is 0 Å². The van der Waals surface area contributed by atoms with Crippen molar-refractivity contribution in [2.24, 2.45) is 0 Å². The maximum atomic E-state index is 12.4. The van der Waals surface area contributed by atoms with E-state index in [1.165, 1.54) is 11.1 Å². The molecule has 2 aromatic carbocycles. The van der Waals surface area contributed by atoms with Gasteiger partial charge in [-0.2, -0.15) is 0 Å². The largest absolute Gasteiger partial charge is 0.337 e. The summed E-state index contributed by atoms with van der Waals surface area (Å²) in [7, 11) is 4.03. The first-order valence-corrected chi connectivity index (χ1v) is 10.1. The number of fused-ring (bicyclic) bond motifs is 1. The summed E-state index contributed by atoms with van der Waals surface area (Å²) in [6.07, 6.45) is 1.11. The van der Waals surface area contributed by atoms with E-state index in [1.807, 2.05) is 45.3 Å². The van der Waals surface area contributed by atoms with E-state index in [0.717, 1.165) is 29.8 Å². The number of nitrogens with one attached hydrogen (secondary N) is 2. The lowest BCUT2D eigenvalue weighted by atomic mass is 10.0. The summed E-state index contributed by atoms with van der Waals surface area (Å²) < 4.78 is 0. The van der Waals surface area contributed by atoms with Gasteiger partial charge in [-0.25, -0.2) is 4.79 Å². The Kier molecular flexibility index (Phi) is 6.88. The lowest BCUT2D eigenvalue weighted by molar-refractivity contribution is -0.116. The normalized spacial score (nSPS) is 13.2. The van der Waals surface area contributed by atoms with Crippen molar-refractivity contribution in [3.63, 3.8) is 0 Å². The second-order valence-corrected chi connectivity index (χ2v) is 7.86. The van der Waals surface area contributed by atoms with E-state index in [9.17, 15) is 9.59 Å². The van der Waals surface area contributed by atoms with Crippen LogP contribution in [0.2, 0.25) is 0 Å². The number of rotatable bonds is 6. The van der Waals surface area contributed by atoms with Crippen LogP contribution in [0.1, 0.15) is 28.7 Å². The van der Waals surface area contributed by atoms with Crippen molar-refractivity contribution in [1.82, 2.24) is 15.1 Å². The second-order valence-electron chi connectivity index (χ2n) is 7.86. The molecule has 0 bridgehead atoms. The zero-order chi connectivity index (χ0) is 20.8. The van der Waals surface area contributed by atoms with Crippen molar-refractivity contribution in [2.75, 3.05) is 32.5 Å². The minimum atomic E-state index is -0.114. The molecule has 6 heteroatoms. The molecular weight excluding hydrogens is 364 g/mol. The molecule has 0 fully saturated rings. The summed E-state index contributed by atoms with van der Waals surface area (Å²) >= 11 is 0. The molecule has 0 atom stereocenters. The highest BCUT2D eigenvalue weighted by atomic mass is 16.2. The van der Waals surface area contributed by atoms with Crippen LogP contribution in [0.15, 0.2) is 42.5 Å². The molecule has 6 nitrogen and oxygen atoms in total. The highest BCUT2D eigenvalue weighted by Gasteiger charge is 2.20. The fourth-order valence-corrected chi connectivity index (χ4v) is 3.54. The van der Waals surface area contributed by atoms with Crippen LogP contribution in [-0.2, 0) is 24.3 Å². The minimum absolute atomic E-state index is 0.0978.